The van der Waals surface area contributed by atoms with Crippen molar-refractivity contribution in [3.63, 3.8) is 0 Å². The Morgan fingerprint density at radius 2 is 2.46 bits per heavy atom. The second-order valence-electron chi connectivity index (χ2n) is 2.55. The Morgan fingerprint density at radius 1 is 1.77 bits per heavy atom. The molecule has 0 aromatic heterocycles. The van der Waals surface area contributed by atoms with E-state index in [1.54, 1.807) is 0 Å². The molecule has 5 heteroatoms. The van der Waals surface area contributed by atoms with Crippen LogP contribution in [0.5, 0.6) is 0 Å². The monoisotopic (exact) mass is 186 g/mol. The molecule has 2 atom stereocenters. The fourth-order valence-electron chi connectivity index (χ4n) is 0.919. The van der Waals surface area contributed by atoms with Gasteiger partial charge >= 0.3 is 5.97 Å². The van der Waals surface area contributed by atoms with Crippen LogP contribution in [0.1, 0.15) is 6.92 Å². The molecular weight excluding hydrogens is 176 g/mol. The van der Waals surface area contributed by atoms with Crippen molar-refractivity contribution in [2.45, 2.75) is 19.3 Å². The van der Waals surface area contributed by atoms with Crippen LogP contribution >= 0.6 is 0 Å². The van der Waals surface area contributed by atoms with Gasteiger partial charge in [-0.3, -0.25) is 9.59 Å². The Balaban J connectivity index is 2.57. The van der Waals surface area contributed by atoms with Crippen LogP contribution in [-0.4, -0.2) is 35.9 Å². The van der Waals surface area contributed by atoms with Crippen molar-refractivity contribution >= 4 is 11.8 Å². The van der Waals surface area contributed by atoms with Crippen molar-refractivity contribution in [2.24, 2.45) is 0 Å². The molecule has 72 valence electrons. The number of aliphatic hydroxyl groups is 1. The van der Waals surface area contributed by atoms with Gasteiger partial charge in [-0.1, -0.05) is 0 Å². The van der Waals surface area contributed by atoms with Gasteiger partial charge in [-0.2, -0.15) is 0 Å². The summed E-state index contributed by atoms with van der Waals surface area (Å²) in [4.78, 5) is 21.4. The van der Waals surface area contributed by atoms with Crippen LogP contribution in [0.25, 0.3) is 0 Å². The summed E-state index contributed by atoms with van der Waals surface area (Å²) in [5, 5.41) is 8.69. The minimum absolute atomic E-state index is 0.328. The Bertz CT molecular complexity index is 245. The van der Waals surface area contributed by atoms with Gasteiger partial charge in [-0.25, -0.2) is 0 Å². The van der Waals surface area contributed by atoms with Gasteiger partial charge in [0.15, 0.2) is 5.78 Å². The molecule has 0 aromatic carbocycles. The Hall–Kier alpha value is -1.20. The van der Waals surface area contributed by atoms with Gasteiger partial charge in [0, 0.05) is 6.92 Å². The zero-order valence-corrected chi connectivity index (χ0v) is 7.10. The molecular formula is C8H10O5. The molecule has 1 aliphatic heterocycles. The number of ketones is 1. The van der Waals surface area contributed by atoms with E-state index in [1.807, 2.05) is 0 Å². The fourth-order valence-corrected chi connectivity index (χ4v) is 0.919. The van der Waals surface area contributed by atoms with Crippen LogP contribution in [-0.2, 0) is 19.1 Å². The lowest BCUT2D eigenvalue weighted by Gasteiger charge is -2.22. The van der Waals surface area contributed by atoms with E-state index in [4.69, 9.17) is 9.84 Å². The summed E-state index contributed by atoms with van der Waals surface area (Å²) in [7, 11) is 0. The van der Waals surface area contributed by atoms with Crippen molar-refractivity contribution in [2.75, 3.05) is 6.61 Å². The molecule has 0 aromatic rings. The molecule has 0 aliphatic carbocycles. The van der Waals surface area contributed by atoms with Gasteiger partial charge in [0.05, 0.1) is 6.61 Å². The fraction of sp³-hybridized carbons (Fsp3) is 0.500. The maximum atomic E-state index is 10.9. The standard InChI is InChI=1S/C8H10O5/c1-5(10)12-8-3-2-6(11)7(4-9)13-8/h2-3,7-9H,4H2,1H3/t7-,8+/m1/s1. The van der Waals surface area contributed by atoms with Crippen molar-refractivity contribution in [1.29, 1.82) is 0 Å². The van der Waals surface area contributed by atoms with E-state index in [-0.39, 0.29) is 5.78 Å². The van der Waals surface area contributed by atoms with Crippen LogP contribution in [0, 0.1) is 0 Å². The quantitative estimate of drug-likeness (QED) is 0.582. The summed E-state index contributed by atoms with van der Waals surface area (Å²) in [5.74, 6) is -0.827. The molecule has 1 aliphatic rings. The van der Waals surface area contributed by atoms with Crippen molar-refractivity contribution in [3.05, 3.63) is 12.2 Å². The van der Waals surface area contributed by atoms with Crippen molar-refractivity contribution < 1.29 is 24.2 Å². The average Bonchev–Trinajstić information content (AvgIpc) is 2.07. The predicted octanol–water partition coefficient (Wildman–Crippen LogP) is -0.608. The van der Waals surface area contributed by atoms with Crippen LogP contribution < -0.4 is 0 Å². The van der Waals surface area contributed by atoms with Gasteiger partial charge in [0.2, 0.25) is 6.29 Å². The molecule has 0 fully saturated rings. The highest BCUT2D eigenvalue weighted by Crippen LogP contribution is 2.10. The van der Waals surface area contributed by atoms with E-state index in [2.05, 4.69) is 4.74 Å². The van der Waals surface area contributed by atoms with E-state index in [9.17, 15) is 9.59 Å². The first kappa shape index (κ1) is 9.88. The summed E-state index contributed by atoms with van der Waals surface area (Å²) >= 11 is 0. The van der Waals surface area contributed by atoms with Gasteiger partial charge in [-0.05, 0) is 12.2 Å². The zero-order valence-electron chi connectivity index (χ0n) is 7.10. The molecule has 0 bridgehead atoms. The van der Waals surface area contributed by atoms with Crippen molar-refractivity contribution in [3.8, 4) is 0 Å². The molecule has 1 N–H and O–H groups in total. The zero-order chi connectivity index (χ0) is 9.84. The third-order valence-corrected chi connectivity index (χ3v) is 1.48. The lowest BCUT2D eigenvalue weighted by atomic mass is 10.2. The minimum Gasteiger partial charge on any atom is -0.432 e. The van der Waals surface area contributed by atoms with Gasteiger partial charge in [0.25, 0.3) is 0 Å². The summed E-state index contributed by atoms with van der Waals surface area (Å²) in [6.07, 6.45) is 0.773. The molecule has 0 amide bonds. The molecule has 0 saturated carbocycles. The highest BCUT2D eigenvalue weighted by Gasteiger charge is 2.25. The third-order valence-electron chi connectivity index (χ3n) is 1.48. The van der Waals surface area contributed by atoms with E-state index in [0.29, 0.717) is 0 Å². The normalized spacial score (nSPS) is 27.4. The number of carbonyl (C=O) groups is 2. The molecule has 13 heavy (non-hydrogen) atoms. The molecule has 0 unspecified atom stereocenters. The molecule has 0 spiro atoms. The number of rotatable bonds is 2. The van der Waals surface area contributed by atoms with E-state index < -0.39 is 25.0 Å². The lowest BCUT2D eigenvalue weighted by molar-refractivity contribution is -0.183. The molecule has 0 radical (unpaired) electrons. The number of hydrogen-bond acceptors (Lipinski definition) is 5. The largest absolute Gasteiger partial charge is 0.432 e. The van der Waals surface area contributed by atoms with Gasteiger partial charge in [-0.15, -0.1) is 0 Å². The predicted molar refractivity (Wildman–Crippen MR) is 41.7 cm³/mol. The Morgan fingerprint density at radius 3 is 3.00 bits per heavy atom. The number of esters is 1. The minimum atomic E-state index is -0.922. The van der Waals surface area contributed by atoms with Crippen LogP contribution in [0.15, 0.2) is 12.2 Å². The Labute approximate surface area is 74.9 Å². The second-order valence-corrected chi connectivity index (χ2v) is 2.55. The van der Waals surface area contributed by atoms with Crippen LogP contribution in [0.4, 0.5) is 0 Å². The van der Waals surface area contributed by atoms with Gasteiger partial charge < -0.3 is 14.6 Å². The number of ether oxygens (including phenoxy) is 2. The molecule has 0 saturated heterocycles. The van der Waals surface area contributed by atoms with E-state index >= 15 is 0 Å². The van der Waals surface area contributed by atoms with Gasteiger partial charge in [0.1, 0.15) is 6.10 Å². The van der Waals surface area contributed by atoms with Crippen LogP contribution in [0.3, 0.4) is 0 Å². The maximum absolute atomic E-state index is 10.9. The van der Waals surface area contributed by atoms with E-state index in [0.717, 1.165) is 0 Å². The topological polar surface area (TPSA) is 72.8 Å². The highest BCUT2D eigenvalue weighted by atomic mass is 16.7. The first-order valence-electron chi connectivity index (χ1n) is 3.79. The summed E-state index contributed by atoms with van der Waals surface area (Å²) in [5.41, 5.74) is 0. The number of carbonyl (C=O) groups excluding carboxylic acids is 2. The molecule has 1 heterocycles. The summed E-state index contributed by atoms with van der Waals surface area (Å²) in [6, 6.07) is 0. The highest BCUT2D eigenvalue weighted by molar-refractivity contribution is 5.94. The van der Waals surface area contributed by atoms with Crippen LogP contribution in [0.2, 0.25) is 0 Å². The van der Waals surface area contributed by atoms with E-state index in [1.165, 1.54) is 19.1 Å². The first-order valence-corrected chi connectivity index (χ1v) is 3.79. The summed E-state index contributed by atoms with van der Waals surface area (Å²) in [6.45, 7) is 0.822. The number of aliphatic hydroxyl groups excluding tert-OH is 1. The average molecular weight is 186 g/mol. The lowest BCUT2D eigenvalue weighted by Crippen LogP contribution is -2.36. The molecule has 1 rings (SSSR count). The first-order chi connectivity index (χ1) is 6.13. The SMILES string of the molecule is CC(=O)O[C@@H]1C=CC(=O)[C@@H](CO)O1. The summed E-state index contributed by atoms with van der Waals surface area (Å²) < 4.78 is 9.59. The smallest absolute Gasteiger partial charge is 0.305 e. The second kappa shape index (κ2) is 4.15. The van der Waals surface area contributed by atoms with Crippen molar-refractivity contribution in [1.82, 2.24) is 0 Å². The Kier molecular flexibility index (Phi) is 3.16. The maximum Gasteiger partial charge on any atom is 0.305 e. The third kappa shape index (κ3) is 2.64. The number of hydrogen-bond donors (Lipinski definition) is 1. The molecule has 5 nitrogen and oxygen atoms in total.